The van der Waals surface area contributed by atoms with Crippen LogP contribution in [0.25, 0.3) is 28.1 Å². The van der Waals surface area contributed by atoms with E-state index in [9.17, 15) is 19.5 Å². The minimum Gasteiger partial charge on any atom is -0.507 e. The number of aromatic nitrogens is 4. The number of carbonyl (C=O) groups excluding carboxylic acids is 3. The number of piperidine rings is 1. The van der Waals surface area contributed by atoms with E-state index in [1.54, 1.807) is 35.4 Å². The molecular weight excluding hydrogens is 691 g/mol. The van der Waals surface area contributed by atoms with Gasteiger partial charge in [0, 0.05) is 48.9 Å². The van der Waals surface area contributed by atoms with Crippen LogP contribution < -0.4 is 19.9 Å². The fourth-order valence-corrected chi connectivity index (χ4v) is 8.60. The highest BCUT2D eigenvalue weighted by molar-refractivity contribution is 6.02. The van der Waals surface area contributed by atoms with Gasteiger partial charge in [0.1, 0.15) is 41.3 Å². The Kier molecular flexibility index (Phi) is 8.68. The lowest BCUT2D eigenvalue weighted by Crippen LogP contribution is -2.54. The van der Waals surface area contributed by atoms with Gasteiger partial charge in [-0.05, 0) is 80.5 Å². The monoisotopic (exact) mass is 730 g/mol. The molecule has 2 saturated heterocycles. The molecule has 5 aromatic rings. The van der Waals surface area contributed by atoms with Gasteiger partial charge in [0.25, 0.3) is 0 Å². The molecule has 9 rings (SSSR count). The van der Waals surface area contributed by atoms with Crippen molar-refractivity contribution in [2.45, 2.75) is 56.5 Å². The summed E-state index contributed by atoms with van der Waals surface area (Å²) in [5, 5.41) is 21.4. The quantitative estimate of drug-likeness (QED) is 0.236. The van der Waals surface area contributed by atoms with Crippen LogP contribution in [-0.4, -0.2) is 92.3 Å². The van der Waals surface area contributed by atoms with Crippen molar-refractivity contribution in [1.82, 2.24) is 30.0 Å². The molecule has 4 aliphatic rings. The zero-order valence-electron chi connectivity index (χ0n) is 29.5. The number of fused-ring (bicyclic) bond motifs is 2. The van der Waals surface area contributed by atoms with Gasteiger partial charge in [-0.25, -0.2) is 9.37 Å². The number of imide groups is 1. The summed E-state index contributed by atoms with van der Waals surface area (Å²) < 4.78 is 23.2. The number of carbonyl (C=O) groups is 3. The van der Waals surface area contributed by atoms with Gasteiger partial charge in [-0.2, -0.15) is 0 Å². The number of aromatic hydroxyl groups is 1. The standard InChI is InChI=1S/C40H39FN8O5/c41-25-19-29(39-34(20-25)48(17-18-54-39)32-10-12-37(51)43-40(32)53)24-5-7-26(8-6-24)46-15-16-47(38(52)23-46)27-9-11-36(42-22-27)49-14-13-30-33(49)21-31(45-44-30)28-3-1-2-4-35(28)50/h1-4,9,11,13-14,19-22,24,26,32,50H,5-8,10,12,15-18,23H2,(H,43,51,53). The summed E-state index contributed by atoms with van der Waals surface area (Å²) in [5.41, 5.74) is 4.77. The number of amides is 3. The second kappa shape index (κ2) is 13.8. The molecule has 3 fully saturated rings. The molecule has 1 unspecified atom stereocenters. The van der Waals surface area contributed by atoms with Gasteiger partial charge >= 0.3 is 0 Å². The molecule has 2 aromatic carbocycles. The minimum absolute atomic E-state index is 0.0214. The summed E-state index contributed by atoms with van der Waals surface area (Å²) in [6.07, 6.45) is 7.64. The van der Waals surface area contributed by atoms with Gasteiger partial charge in [0.15, 0.2) is 0 Å². The number of rotatable bonds is 6. The van der Waals surface area contributed by atoms with Crippen molar-refractivity contribution >= 4 is 40.1 Å². The van der Waals surface area contributed by atoms with Crippen LogP contribution in [-0.2, 0) is 14.4 Å². The number of piperazine rings is 1. The van der Waals surface area contributed by atoms with Crippen molar-refractivity contribution in [3.8, 4) is 28.6 Å². The molecule has 0 bridgehead atoms. The molecule has 3 aliphatic heterocycles. The molecule has 2 N–H and O–H groups in total. The first-order valence-corrected chi connectivity index (χ1v) is 18.5. The number of anilines is 2. The molecule has 54 heavy (non-hydrogen) atoms. The number of phenolic OH excluding ortho intramolecular Hbond substituents is 1. The normalized spacial score (nSPS) is 22.2. The van der Waals surface area contributed by atoms with E-state index in [0.717, 1.165) is 49.0 Å². The predicted molar refractivity (Wildman–Crippen MR) is 198 cm³/mol. The molecule has 0 spiro atoms. The second-order valence-corrected chi connectivity index (χ2v) is 14.5. The Labute approximate surface area is 310 Å². The van der Waals surface area contributed by atoms with Crippen LogP contribution in [0.15, 0.2) is 73.1 Å². The maximum Gasteiger partial charge on any atom is 0.249 e. The van der Waals surface area contributed by atoms with Crippen LogP contribution in [0.1, 0.15) is 50.0 Å². The van der Waals surface area contributed by atoms with Crippen molar-refractivity contribution in [1.29, 1.82) is 0 Å². The van der Waals surface area contributed by atoms with E-state index >= 15 is 4.39 Å². The van der Waals surface area contributed by atoms with Crippen molar-refractivity contribution in [3.63, 3.8) is 0 Å². The largest absolute Gasteiger partial charge is 0.507 e. The van der Waals surface area contributed by atoms with Crippen LogP contribution in [0.2, 0.25) is 0 Å². The van der Waals surface area contributed by atoms with E-state index < -0.39 is 6.04 Å². The lowest BCUT2D eigenvalue weighted by Gasteiger charge is -2.42. The highest BCUT2D eigenvalue weighted by Gasteiger charge is 2.38. The Balaban J connectivity index is 0.844. The number of nitrogens with one attached hydrogen (secondary N) is 1. The van der Waals surface area contributed by atoms with Gasteiger partial charge < -0.3 is 19.6 Å². The number of phenols is 1. The summed E-state index contributed by atoms with van der Waals surface area (Å²) in [6, 6.07) is 17.2. The Hall–Kier alpha value is -5.89. The van der Waals surface area contributed by atoms with Crippen LogP contribution >= 0.6 is 0 Å². The molecule has 6 heterocycles. The van der Waals surface area contributed by atoms with Gasteiger partial charge in [0.2, 0.25) is 17.7 Å². The van der Waals surface area contributed by atoms with Crippen molar-refractivity contribution in [3.05, 3.63) is 84.4 Å². The summed E-state index contributed by atoms with van der Waals surface area (Å²) in [7, 11) is 0. The highest BCUT2D eigenvalue weighted by Crippen LogP contribution is 2.46. The second-order valence-electron chi connectivity index (χ2n) is 14.5. The van der Waals surface area contributed by atoms with Crippen molar-refractivity contribution in [2.24, 2.45) is 0 Å². The van der Waals surface area contributed by atoms with E-state index in [-0.39, 0.29) is 47.7 Å². The van der Waals surface area contributed by atoms with Crippen molar-refractivity contribution < 1.29 is 28.6 Å². The third-order valence-electron chi connectivity index (χ3n) is 11.4. The number of ether oxygens (including phenoxy) is 1. The SMILES string of the molecule is O=C1CCC(N2CCOc3c(C4CCC(N5CCN(c6ccc(-n7ccc8nnc(-c9ccccc9O)cc87)nc6)C(=O)C5)CC4)cc(F)cc32)C(=O)N1. The first-order valence-electron chi connectivity index (χ1n) is 18.5. The third kappa shape index (κ3) is 6.19. The van der Waals surface area contributed by atoms with Crippen molar-refractivity contribution in [2.75, 3.05) is 42.6 Å². The Morgan fingerprint density at radius 3 is 2.54 bits per heavy atom. The van der Waals surface area contributed by atoms with E-state index in [1.807, 2.05) is 46.0 Å². The van der Waals surface area contributed by atoms with Gasteiger partial charge in [-0.15, -0.1) is 10.2 Å². The van der Waals surface area contributed by atoms with Crippen LogP contribution in [0.5, 0.6) is 11.5 Å². The first kappa shape index (κ1) is 33.9. The molecule has 3 amide bonds. The maximum absolute atomic E-state index is 15.1. The zero-order valence-corrected chi connectivity index (χ0v) is 29.5. The average Bonchev–Trinajstić information content (AvgIpc) is 3.61. The molecule has 1 saturated carbocycles. The topological polar surface area (TPSA) is 146 Å². The molecule has 1 atom stereocenters. The smallest absolute Gasteiger partial charge is 0.249 e. The average molecular weight is 731 g/mol. The highest BCUT2D eigenvalue weighted by atomic mass is 19.1. The fourth-order valence-electron chi connectivity index (χ4n) is 8.60. The Morgan fingerprint density at radius 1 is 0.907 bits per heavy atom. The van der Waals surface area contributed by atoms with E-state index in [1.165, 1.54) is 6.07 Å². The summed E-state index contributed by atoms with van der Waals surface area (Å²) in [4.78, 5) is 48.6. The van der Waals surface area contributed by atoms with E-state index in [4.69, 9.17) is 9.72 Å². The van der Waals surface area contributed by atoms with E-state index in [0.29, 0.717) is 66.7 Å². The van der Waals surface area contributed by atoms with Crippen LogP contribution in [0.3, 0.4) is 0 Å². The maximum atomic E-state index is 15.1. The number of hydrogen-bond acceptors (Lipinski definition) is 10. The lowest BCUT2D eigenvalue weighted by molar-refractivity contribution is -0.134. The molecule has 276 valence electrons. The van der Waals surface area contributed by atoms with E-state index in [2.05, 4.69) is 20.4 Å². The summed E-state index contributed by atoms with van der Waals surface area (Å²) in [6.45, 7) is 2.42. The zero-order chi connectivity index (χ0) is 36.9. The number of pyridine rings is 1. The van der Waals surface area contributed by atoms with Crippen LogP contribution in [0.4, 0.5) is 15.8 Å². The number of halogens is 1. The number of nitrogens with zero attached hydrogens (tertiary/aromatic N) is 7. The number of hydrogen-bond donors (Lipinski definition) is 2. The molecule has 1 aliphatic carbocycles. The van der Waals surface area contributed by atoms with Gasteiger partial charge in [0.05, 0.1) is 41.9 Å². The Bertz CT molecular complexity index is 2270. The molecule has 14 heteroatoms. The van der Waals surface area contributed by atoms with Gasteiger partial charge in [-0.3, -0.25) is 29.2 Å². The molecular formula is C40H39FN8O5. The summed E-state index contributed by atoms with van der Waals surface area (Å²) >= 11 is 0. The molecule has 13 nitrogen and oxygen atoms in total. The van der Waals surface area contributed by atoms with Crippen LogP contribution in [0, 0.1) is 5.82 Å². The Morgan fingerprint density at radius 2 is 1.76 bits per heavy atom. The minimum atomic E-state index is -0.540. The third-order valence-corrected chi connectivity index (χ3v) is 11.4. The molecule has 0 radical (unpaired) electrons. The van der Waals surface area contributed by atoms with Gasteiger partial charge in [-0.1, -0.05) is 12.1 Å². The molecule has 3 aromatic heterocycles. The summed E-state index contributed by atoms with van der Waals surface area (Å²) in [5.74, 6) is 0.544. The fraction of sp³-hybridized carbons (Fsp3) is 0.350. The number of benzene rings is 2. The lowest BCUT2D eigenvalue weighted by atomic mass is 9.80. The predicted octanol–water partition coefficient (Wildman–Crippen LogP) is 4.71. The first-order chi connectivity index (χ1) is 26.3. The number of para-hydroxylation sites is 1.